The monoisotopic (exact) mass is 351 g/mol. The molecule has 9 heteroatoms. The first-order valence-electron chi connectivity index (χ1n) is 6.34. The van der Waals surface area contributed by atoms with Crippen molar-refractivity contribution in [1.29, 1.82) is 0 Å². The second-order valence-corrected chi connectivity index (χ2v) is 5.37. The van der Waals surface area contributed by atoms with E-state index in [9.17, 15) is 9.18 Å². The van der Waals surface area contributed by atoms with Crippen molar-refractivity contribution >= 4 is 34.8 Å². The SMILES string of the molecule is O=C(Nc1ccc(Cl)cc1F)c1cc(Cl)ccc1-n1cnnn1. The maximum absolute atomic E-state index is 13.8. The quantitative estimate of drug-likeness (QED) is 0.785. The van der Waals surface area contributed by atoms with Gasteiger partial charge in [0.05, 0.1) is 16.9 Å². The molecule has 0 aliphatic heterocycles. The summed E-state index contributed by atoms with van der Waals surface area (Å²) in [5.41, 5.74) is 0.604. The number of nitrogens with one attached hydrogen (secondary N) is 1. The summed E-state index contributed by atoms with van der Waals surface area (Å²) in [6, 6.07) is 8.58. The molecule has 2 aromatic carbocycles. The number of nitrogens with zero attached hydrogens (tertiary/aromatic N) is 4. The molecule has 6 nitrogen and oxygen atoms in total. The Balaban J connectivity index is 1.97. The molecule has 0 atom stereocenters. The second-order valence-electron chi connectivity index (χ2n) is 4.49. The van der Waals surface area contributed by atoms with Crippen molar-refractivity contribution in [3.8, 4) is 5.69 Å². The van der Waals surface area contributed by atoms with Gasteiger partial charge < -0.3 is 5.32 Å². The van der Waals surface area contributed by atoms with E-state index < -0.39 is 11.7 Å². The van der Waals surface area contributed by atoms with Crippen LogP contribution < -0.4 is 5.32 Å². The third-order valence-corrected chi connectivity index (χ3v) is 3.45. The first-order chi connectivity index (χ1) is 11.0. The van der Waals surface area contributed by atoms with Gasteiger partial charge in [0, 0.05) is 10.0 Å². The van der Waals surface area contributed by atoms with Crippen LogP contribution in [0.3, 0.4) is 0 Å². The lowest BCUT2D eigenvalue weighted by atomic mass is 10.1. The van der Waals surface area contributed by atoms with Crippen molar-refractivity contribution in [2.24, 2.45) is 0 Å². The molecule has 0 spiro atoms. The predicted octanol–water partition coefficient (Wildman–Crippen LogP) is 3.36. The van der Waals surface area contributed by atoms with Crippen LogP contribution in [0.15, 0.2) is 42.7 Å². The Labute approximate surface area is 139 Å². The lowest BCUT2D eigenvalue weighted by Crippen LogP contribution is -2.16. The summed E-state index contributed by atoms with van der Waals surface area (Å²) in [4.78, 5) is 12.5. The summed E-state index contributed by atoms with van der Waals surface area (Å²) in [6.45, 7) is 0. The Morgan fingerprint density at radius 1 is 1.13 bits per heavy atom. The van der Waals surface area contributed by atoms with Crippen molar-refractivity contribution in [1.82, 2.24) is 20.2 Å². The molecule has 116 valence electrons. The van der Waals surface area contributed by atoms with Gasteiger partial charge in [-0.1, -0.05) is 23.2 Å². The largest absolute Gasteiger partial charge is 0.319 e. The number of anilines is 1. The summed E-state index contributed by atoms with van der Waals surface area (Å²) in [5.74, 6) is -1.20. The van der Waals surface area contributed by atoms with Crippen molar-refractivity contribution in [3.63, 3.8) is 0 Å². The second kappa shape index (κ2) is 6.31. The molecule has 0 bridgehead atoms. The minimum Gasteiger partial charge on any atom is -0.319 e. The van der Waals surface area contributed by atoms with E-state index in [4.69, 9.17) is 23.2 Å². The van der Waals surface area contributed by atoms with Gasteiger partial charge in [-0.25, -0.2) is 4.39 Å². The zero-order valence-electron chi connectivity index (χ0n) is 11.4. The van der Waals surface area contributed by atoms with Crippen LogP contribution in [0.4, 0.5) is 10.1 Å². The fourth-order valence-corrected chi connectivity index (χ4v) is 2.27. The standard InChI is InChI=1S/C14H8Cl2FN5O/c15-8-2-4-13(22-7-18-20-21-22)10(5-8)14(23)19-12-3-1-9(16)6-11(12)17/h1-7H,(H,19,23). The molecule has 0 aliphatic rings. The molecule has 1 N–H and O–H groups in total. The fourth-order valence-electron chi connectivity index (χ4n) is 1.94. The first kappa shape index (κ1) is 15.4. The Hall–Kier alpha value is -2.51. The highest BCUT2D eigenvalue weighted by molar-refractivity contribution is 6.31. The number of tetrazole rings is 1. The maximum Gasteiger partial charge on any atom is 0.257 e. The van der Waals surface area contributed by atoms with Gasteiger partial charge >= 0.3 is 0 Å². The summed E-state index contributed by atoms with van der Waals surface area (Å²) in [7, 11) is 0. The highest BCUT2D eigenvalue weighted by Crippen LogP contribution is 2.23. The number of hydrogen-bond donors (Lipinski definition) is 1. The Kier molecular flexibility index (Phi) is 4.22. The number of benzene rings is 2. The predicted molar refractivity (Wildman–Crippen MR) is 83.5 cm³/mol. The van der Waals surface area contributed by atoms with Gasteiger partial charge in [-0.05, 0) is 46.8 Å². The van der Waals surface area contributed by atoms with Crippen molar-refractivity contribution < 1.29 is 9.18 Å². The number of carbonyl (C=O) groups excluding carboxylic acids is 1. The number of halogens is 3. The topological polar surface area (TPSA) is 72.7 Å². The van der Waals surface area contributed by atoms with Gasteiger partial charge in [0.1, 0.15) is 12.1 Å². The third-order valence-electron chi connectivity index (χ3n) is 2.98. The van der Waals surface area contributed by atoms with Crippen LogP contribution in [0, 0.1) is 5.82 Å². The van der Waals surface area contributed by atoms with Crippen molar-refractivity contribution in [2.45, 2.75) is 0 Å². The van der Waals surface area contributed by atoms with E-state index in [2.05, 4.69) is 20.8 Å². The molecule has 0 saturated carbocycles. The number of amides is 1. The number of hydrogen-bond acceptors (Lipinski definition) is 4. The van der Waals surface area contributed by atoms with E-state index in [1.807, 2.05) is 0 Å². The van der Waals surface area contributed by atoms with E-state index in [0.717, 1.165) is 6.07 Å². The summed E-state index contributed by atoms with van der Waals surface area (Å²) >= 11 is 11.6. The molecule has 0 fully saturated rings. The smallest absolute Gasteiger partial charge is 0.257 e. The van der Waals surface area contributed by atoms with Crippen LogP contribution in [-0.4, -0.2) is 26.1 Å². The van der Waals surface area contributed by atoms with E-state index in [0.29, 0.717) is 10.7 Å². The highest BCUT2D eigenvalue weighted by Gasteiger charge is 2.16. The maximum atomic E-state index is 13.8. The van der Waals surface area contributed by atoms with E-state index in [1.165, 1.54) is 29.2 Å². The zero-order valence-corrected chi connectivity index (χ0v) is 12.9. The Bertz CT molecular complexity index is 870. The van der Waals surface area contributed by atoms with Crippen LogP contribution in [0.1, 0.15) is 10.4 Å². The molecule has 1 heterocycles. The van der Waals surface area contributed by atoms with Crippen molar-refractivity contribution in [2.75, 3.05) is 5.32 Å². The van der Waals surface area contributed by atoms with E-state index in [-0.39, 0.29) is 16.3 Å². The summed E-state index contributed by atoms with van der Waals surface area (Å²) in [6.07, 6.45) is 1.34. The number of carbonyl (C=O) groups is 1. The van der Waals surface area contributed by atoms with Crippen LogP contribution in [0.25, 0.3) is 5.69 Å². The molecule has 0 unspecified atom stereocenters. The van der Waals surface area contributed by atoms with Gasteiger partial charge in [0.2, 0.25) is 0 Å². The van der Waals surface area contributed by atoms with Gasteiger partial charge in [0.15, 0.2) is 0 Å². The molecule has 0 saturated heterocycles. The van der Waals surface area contributed by atoms with E-state index >= 15 is 0 Å². The number of aromatic nitrogens is 4. The van der Waals surface area contributed by atoms with Gasteiger partial charge in [-0.3, -0.25) is 4.79 Å². The van der Waals surface area contributed by atoms with E-state index in [1.54, 1.807) is 12.1 Å². The molecule has 1 aromatic heterocycles. The van der Waals surface area contributed by atoms with Gasteiger partial charge in [0.25, 0.3) is 5.91 Å². The number of rotatable bonds is 3. The molecular formula is C14H8Cl2FN5O. The van der Waals surface area contributed by atoms with Crippen LogP contribution in [-0.2, 0) is 0 Å². The third kappa shape index (κ3) is 3.30. The molecule has 0 radical (unpaired) electrons. The van der Waals surface area contributed by atoms with Crippen molar-refractivity contribution in [3.05, 3.63) is 64.2 Å². The highest BCUT2D eigenvalue weighted by atomic mass is 35.5. The summed E-state index contributed by atoms with van der Waals surface area (Å²) < 4.78 is 15.1. The van der Waals surface area contributed by atoms with Crippen LogP contribution in [0.5, 0.6) is 0 Å². The average Bonchev–Trinajstić information content (AvgIpc) is 3.04. The molecule has 0 aliphatic carbocycles. The Morgan fingerprint density at radius 3 is 2.57 bits per heavy atom. The normalized spacial score (nSPS) is 10.6. The fraction of sp³-hybridized carbons (Fsp3) is 0. The zero-order chi connectivity index (χ0) is 16.4. The van der Waals surface area contributed by atoms with Crippen LogP contribution >= 0.6 is 23.2 Å². The molecular weight excluding hydrogens is 344 g/mol. The molecule has 1 amide bonds. The van der Waals surface area contributed by atoms with Gasteiger partial charge in [-0.2, -0.15) is 4.68 Å². The van der Waals surface area contributed by atoms with Gasteiger partial charge in [-0.15, -0.1) is 5.10 Å². The average molecular weight is 352 g/mol. The van der Waals surface area contributed by atoms with Crippen LogP contribution in [0.2, 0.25) is 10.0 Å². The molecule has 23 heavy (non-hydrogen) atoms. The lowest BCUT2D eigenvalue weighted by molar-refractivity contribution is 0.102. The Morgan fingerprint density at radius 2 is 1.87 bits per heavy atom. The minimum absolute atomic E-state index is 0.00189. The lowest BCUT2D eigenvalue weighted by Gasteiger charge is -2.10. The summed E-state index contributed by atoms with van der Waals surface area (Å²) in [5, 5.41) is 13.8. The molecule has 3 rings (SSSR count). The molecule has 3 aromatic rings. The minimum atomic E-state index is -0.642. The first-order valence-corrected chi connectivity index (χ1v) is 7.09.